The molecule has 0 heterocycles. The minimum absolute atomic E-state index is 0.351. The highest BCUT2D eigenvalue weighted by atomic mass is 16.5. The lowest BCUT2D eigenvalue weighted by Crippen LogP contribution is -2.06. The molecular weight excluding hydrogens is 288 g/mol. The van der Waals surface area contributed by atoms with Crippen LogP contribution in [0.1, 0.15) is 37.3 Å². The molecule has 0 spiro atoms. The van der Waals surface area contributed by atoms with Gasteiger partial charge in [0.25, 0.3) is 0 Å². The summed E-state index contributed by atoms with van der Waals surface area (Å²) in [5, 5.41) is 0. The van der Waals surface area contributed by atoms with Gasteiger partial charge in [0.2, 0.25) is 0 Å². The van der Waals surface area contributed by atoms with Gasteiger partial charge in [-0.25, -0.2) is 4.79 Å². The summed E-state index contributed by atoms with van der Waals surface area (Å²) in [4.78, 5) is 12.0. The normalized spacial score (nSPS) is 12.1. The summed E-state index contributed by atoms with van der Waals surface area (Å²) < 4.78 is 10.6. The van der Waals surface area contributed by atoms with Crippen LogP contribution in [0.25, 0.3) is 6.08 Å². The van der Waals surface area contributed by atoms with Crippen molar-refractivity contribution in [3.8, 4) is 11.5 Å². The Morgan fingerprint density at radius 3 is 2.48 bits per heavy atom. The Morgan fingerprint density at radius 2 is 1.83 bits per heavy atom. The van der Waals surface area contributed by atoms with Crippen molar-refractivity contribution >= 4 is 12.0 Å². The number of carbonyl (C=O) groups excluding carboxylic acids is 1. The summed E-state index contributed by atoms with van der Waals surface area (Å²) in [5.41, 5.74) is 1.97. The molecule has 2 aromatic carbocycles. The van der Waals surface area contributed by atoms with Crippen molar-refractivity contribution < 1.29 is 14.3 Å². The third-order valence-electron chi connectivity index (χ3n) is 3.80. The van der Waals surface area contributed by atoms with E-state index in [1.807, 2.05) is 48.5 Å². The molecule has 23 heavy (non-hydrogen) atoms. The quantitative estimate of drug-likeness (QED) is 0.435. The highest BCUT2D eigenvalue weighted by molar-refractivity contribution is 5.88. The predicted octanol–water partition coefficient (Wildman–Crippen LogP) is 4.83. The van der Waals surface area contributed by atoms with Gasteiger partial charge in [-0.15, -0.1) is 0 Å². The van der Waals surface area contributed by atoms with Crippen molar-refractivity contribution in [3.05, 3.63) is 65.7 Å². The van der Waals surface area contributed by atoms with Gasteiger partial charge in [-0.05, 0) is 47.7 Å². The minimum atomic E-state index is -0.378. The molecule has 0 bridgehead atoms. The smallest absolute Gasteiger partial charge is 0.336 e. The topological polar surface area (TPSA) is 35.5 Å². The van der Waals surface area contributed by atoms with Crippen LogP contribution in [0.3, 0.4) is 0 Å². The molecule has 0 fully saturated rings. The molecule has 0 radical (unpaired) electrons. The van der Waals surface area contributed by atoms with E-state index in [4.69, 9.17) is 9.47 Å². The van der Waals surface area contributed by atoms with Gasteiger partial charge in [-0.3, -0.25) is 0 Å². The Balaban J connectivity index is 2.06. The Morgan fingerprint density at radius 1 is 1.13 bits per heavy atom. The fraction of sp³-hybridized carbons (Fsp3) is 0.250. The van der Waals surface area contributed by atoms with E-state index in [-0.39, 0.29) is 5.97 Å². The number of ether oxygens (including phenoxy) is 2. The zero-order chi connectivity index (χ0) is 16.7. The lowest BCUT2D eigenvalue weighted by Gasteiger charge is -2.13. The van der Waals surface area contributed by atoms with Crippen molar-refractivity contribution in [1.82, 2.24) is 0 Å². The SMILES string of the molecule is CCC(C)c1ccccc1OC(=O)/C=C/c1ccc(OC)cc1. The van der Waals surface area contributed by atoms with E-state index in [1.165, 1.54) is 6.08 Å². The van der Waals surface area contributed by atoms with Crippen LogP contribution in [0.4, 0.5) is 0 Å². The first-order valence-electron chi connectivity index (χ1n) is 7.77. The largest absolute Gasteiger partial charge is 0.497 e. The molecule has 0 amide bonds. The molecule has 0 N–H and O–H groups in total. The predicted molar refractivity (Wildman–Crippen MR) is 92.8 cm³/mol. The molecule has 3 heteroatoms. The van der Waals surface area contributed by atoms with E-state index in [0.717, 1.165) is 23.3 Å². The molecule has 0 aliphatic rings. The molecule has 1 unspecified atom stereocenters. The van der Waals surface area contributed by atoms with Gasteiger partial charge in [0, 0.05) is 6.08 Å². The van der Waals surface area contributed by atoms with E-state index >= 15 is 0 Å². The van der Waals surface area contributed by atoms with E-state index in [1.54, 1.807) is 13.2 Å². The van der Waals surface area contributed by atoms with Crippen LogP contribution >= 0.6 is 0 Å². The summed E-state index contributed by atoms with van der Waals surface area (Å²) in [6.07, 6.45) is 4.17. The monoisotopic (exact) mass is 310 g/mol. The van der Waals surface area contributed by atoms with Crippen molar-refractivity contribution in [1.29, 1.82) is 0 Å². The highest BCUT2D eigenvalue weighted by Gasteiger charge is 2.11. The second-order valence-electron chi connectivity index (χ2n) is 5.37. The standard InChI is InChI=1S/C20H22O3/c1-4-15(2)18-7-5-6-8-19(18)23-20(21)14-11-16-9-12-17(22-3)13-10-16/h5-15H,4H2,1-3H3/b14-11+. The van der Waals surface area contributed by atoms with Crippen LogP contribution in [-0.2, 0) is 4.79 Å². The maximum absolute atomic E-state index is 12.0. The Labute approximate surface area is 137 Å². The maximum atomic E-state index is 12.0. The number of esters is 1. The second kappa shape index (κ2) is 8.18. The van der Waals surface area contributed by atoms with Gasteiger partial charge in [0.1, 0.15) is 11.5 Å². The van der Waals surface area contributed by atoms with Gasteiger partial charge in [0.15, 0.2) is 0 Å². The van der Waals surface area contributed by atoms with Crippen molar-refractivity contribution in [2.24, 2.45) is 0 Å². The molecule has 0 aliphatic carbocycles. The Kier molecular flexibility index (Phi) is 5.98. The van der Waals surface area contributed by atoms with Gasteiger partial charge in [0.05, 0.1) is 7.11 Å². The van der Waals surface area contributed by atoms with E-state index < -0.39 is 0 Å². The molecule has 2 aromatic rings. The summed E-state index contributed by atoms with van der Waals surface area (Å²) in [5.74, 6) is 1.39. The Hall–Kier alpha value is -2.55. The van der Waals surface area contributed by atoms with Crippen LogP contribution in [0.2, 0.25) is 0 Å². The number of carbonyl (C=O) groups is 1. The molecule has 0 saturated heterocycles. The molecule has 3 nitrogen and oxygen atoms in total. The van der Waals surface area contributed by atoms with Crippen LogP contribution in [-0.4, -0.2) is 13.1 Å². The number of methoxy groups -OCH3 is 1. The number of para-hydroxylation sites is 1. The zero-order valence-electron chi connectivity index (χ0n) is 13.8. The van der Waals surface area contributed by atoms with Crippen molar-refractivity contribution in [2.45, 2.75) is 26.2 Å². The lowest BCUT2D eigenvalue weighted by atomic mass is 9.98. The second-order valence-corrected chi connectivity index (χ2v) is 5.37. The number of benzene rings is 2. The first-order valence-corrected chi connectivity index (χ1v) is 7.77. The van der Waals surface area contributed by atoms with Gasteiger partial charge in [-0.2, -0.15) is 0 Å². The first kappa shape index (κ1) is 16.8. The minimum Gasteiger partial charge on any atom is -0.497 e. The van der Waals surface area contributed by atoms with Crippen LogP contribution in [0.15, 0.2) is 54.6 Å². The lowest BCUT2D eigenvalue weighted by molar-refractivity contribution is -0.128. The van der Waals surface area contributed by atoms with Crippen molar-refractivity contribution in [2.75, 3.05) is 7.11 Å². The molecule has 120 valence electrons. The highest BCUT2D eigenvalue weighted by Crippen LogP contribution is 2.28. The third kappa shape index (κ3) is 4.71. The van der Waals surface area contributed by atoms with Gasteiger partial charge >= 0.3 is 5.97 Å². The van der Waals surface area contributed by atoms with E-state index in [0.29, 0.717) is 11.7 Å². The number of hydrogen-bond donors (Lipinski definition) is 0. The summed E-state index contributed by atoms with van der Waals surface area (Å²) in [7, 11) is 1.62. The van der Waals surface area contributed by atoms with E-state index in [2.05, 4.69) is 13.8 Å². The fourth-order valence-corrected chi connectivity index (χ4v) is 2.22. The zero-order valence-corrected chi connectivity index (χ0v) is 13.8. The number of rotatable bonds is 6. The fourth-order valence-electron chi connectivity index (χ4n) is 2.22. The molecule has 2 rings (SSSR count). The summed E-state index contributed by atoms with van der Waals surface area (Å²) >= 11 is 0. The third-order valence-corrected chi connectivity index (χ3v) is 3.80. The van der Waals surface area contributed by atoms with Crippen LogP contribution in [0.5, 0.6) is 11.5 Å². The Bertz CT molecular complexity index is 672. The molecule has 1 atom stereocenters. The summed E-state index contributed by atoms with van der Waals surface area (Å²) in [6, 6.07) is 15.1. The number of hydrogen-bond acceptors (Lipinski definition) is 3. The van der Waals surface area contributed by atoms with Gasteiger partial charge < -0.3 is 9.47 Å². The van der Waals surface area contributed by atoms with Crippen molar-refractivity contribution in [3.63, 3.8) is 0 Å². The first-order chi connectivity index (χ1) is 11.1. The van der Waals surface area contributed by atoms with Crippen LogP contribution < -0.4 is 9.47 Å². The average molecular weight is 310 g/mol. The molecular formula is C20H22O3. The molecule has 0 saturated carbocycles. The molecule has 0 aromatic heterocycles. The summed E-state index contributed by atoms with van der Waals surface area (Å²) in [6.45, 7) is 4.24. The van der Waals surface area contributed by atoms with E-state index in [9.17, 15) is 4.79 Å². The average Bonchev–Trinajstić information content (AvgIpc) is 2.60. The van der Waals surface area contributed by atoms with Gasteiger partial charge in [-0.1, -0.05) is 44.2 Å². The molecule has 0 aliphatic heterocycles. The van der Waals surface area contributed by atoms with Crippen LogP contribution in [0, 0.1) is 0 Å². The maximum Gasteiger partial charge on any atom is 0.336 e.